The maximum absolute atomic E-state index is 11.9. The minimum Gasteiger partial charge on any atom is -0.481 e. The van der Waals surface area contributed by atoms with E-state index in [-0.39, 0.29) is 32.1 Å². The van der Waals surface area contributed by atoms with Gasteiger partial charge in [-0.3, -0.25) is 4.79 Å². The second-order valence-corrected chi connectivity index (χ2v) is 3.31. The summed E-state index contributed by atoms with van der Waals surface area (Å²) in [6.07, 6.45) is -0.0593. The van der Waals surface area contributed by atoms with Gasteiger partial charge in [0.05, 0.1) is 13.0 Å². The number of carboxylic acid groups (broad SMARTS) is 1. The van der Waals surface area contributed by atoms with Crippen LogP contribution in [-0.2, 0) is 4.79 Å². The van der Waals surface area contributed by atoms with Crippen molar-refractivity contribution in [1.29, 1.82) is 0 Å². The molecule has 0 aliphatic heterocycles. The molecular weight excluding hydrogens is 212 g/mol. The first-order valence-electron chi connectivity index (χ1n) is 5.43. The summed E-state index contributed by atoms with van der Waals surface area (Å²) in [7, 11) is 0. The van der Waals surface area contributed by atoms with Crippen molar-refractivity contribution < 1.29 is 19.8 Å². The molecule has 0 spiro atoms. The molecule has 6 nitrogen and oxygen atoms in total. The molecule has 0 saturated carbocycles. The smallest absolute Gasteiger partial charge is 0.320 e. The molecular formula is C10H20N2O4. The lowest BCUT2D eigenvalue weighted by atomic mass is 10.4. The maximum atomic E-state index is 11.9. The molecule has 0 aromatic carbocycles. The van der Waals surface area contributed by atoms with Crippen LogP contribution in [0.3, 0.4) is 0 Å². The number of carbonyl (C=O) groups excluding carboxylic acids is 1. The number of aliphatic hydroxyl groups excluding tert-OH is 1. The molecule has 0 fully saturated rings. The second-order valence-electron chi connectivity index (χ2n) is 3.31. The molecule has 0 radical (unpaired) electrons. The van der Waals surface area contributed by atoms with Crippen molar-refractivity contribution >= 4 is 12.0 Å². The number of rotatable bonds is 7. The van der Waals surface area contributed by atoms with Crippen LogP contribution in [0.5, 0.6) is 0 Å². The topological polar surface area (TPSA) is 81.1 Å². The number of hydrogen-bond acceptors (Lipinski definition) is 3. The van der Waals surface area contributed by atoms with Gasteiger partial charge in [-0.1, -0.05) is 0 Å². The van der Waals surface area contributed by atoms with E-state index in [1.54, 1.807) is 6.92 Å². The Morgan fingerprint density at radius 3 is 1.94 bits per heavy atom. The van der Waals surface area contributed by atoms with E-state index in [1.807, 2.05) is 6.92 Å². The van der Waals surface area contributed by atoms with E-state index in [2.05, 4.69) is 0 Å². The van der Waals surface area contributed by atoms with Gasteiger partial charge in [-0.15, -0.1) is 0 Å². The van der Waals surface area contributed by atoms with Crippen molar-refractivity contribution in [1.82, 2.24) is 9.80 Å². The van der Waals surface area contributed by atoms with Gasteiger partial charge in [0, 0.05) is 26.2 Å². The third kappa shape index (κ3) is 4.97. The van der Waals surface area contributed by atoms with Crippen molar-refractivity contribution in [3.05, 3.63) is 0 Å². The molecule has 2 amide bonds. The minimum atomic E-state index is -0.920. The SMILES string of the molecule is CCN(CCO)C(=O)N(CC)CCC(=O)O. The van der Waals surface area contributed by atoms with E-state index in [4.69, 9.17) is 10.2 Å². The molecule has 0 saturated heterocycles. The van der Waals surface area contributed by atoms with E-state index in [0.29, 0.717) is 13.1 Å². The first-order valence-corrected chi connectivity index (χ1v) is 5.43. The van der Waals surface area contributed by atoms with Crippen LogP contribution in [0.25, 0.3) is 0 Å². The highest BCUT2D eigenvalue weighted by atomic mass is 16.4. The van der Waals surface area contributed by atoms with Crippen molar-refractivity contribution in [3.63, 3.8) is 0 Å². The molecule has 2 N–H and O–H groups in total. The van der Waals surface area contributed by atoms with E-state index >= 15 is 0 Å². The number of carbonyl (C=O) groups is 2. The number of aliphatic hydroxyl groups is 1. The Hall–Kier alpha value is -1.30. The Labute approximate surface area is 95.5 Å². The molecule has 0 aromatic heterocycles. The predicted octanol–water partition coefficient (Wildman–Crippen LogP) is 0.217. The lowest BCUT2D eigenvalue weighted by Crippen LogP contribution is -2.45. The lowest BCUT2D eigenvalue weighted by Gasteiger charge is -2.28. The number of urea groups is 1. The van der Waals surface area contributed by atoms with Crippen LogP contribution in [0.15, 0.2) is 0 Å². The van der Waals surface area contributed by atoms with Gasteiger partial charge in [-0.2, -0.15) is 0 Å². The standard InChI is InChI=1S/C10H20N2O4/c1-3-11(6-5-9(14)15)10(16)12(4-2)7-8-13/h13H,3-8H2,1-2H3,(H,14,15). The fourth-order valence-electron chi connectivity index (χ4n) is 1.33. The zero-order valence-electron chi connectivity index (χ0n) is 9.85. The number of nitrogens with zero attached hydrogens (tertiary/aromatic N) is 2. The Morgan fingerprint density at radius 2 is 1.56 bits per heavy atom. The lowest BCUT2D eigenvalue weighted by molar-refractivity contribution is -0.137. The van der Waals surface area contributed by atoms with Crippen LogP contribution >= 0.6 is 0 Å². The van der Waals surface area contributed by atoms with Crippen molar-refractivity contribution in [3.8, 4) is 0 Å². The zero-order chi connectivity index (χ0) is 12.6. The Bertz CT molecular complexity index is 233. The van der Waals surface area contributed by atoms with Gasteiger partial charge in [0.25, 0.3) is 0 Å². The molecule has 6 heteroatoms. The fraction of sp³-hybridized carbons (Fsp3) is 0.800. The van der Waals surface area contributed by atoms with Gasteiger partial charge in [0.1, 0.15) is 0 Å². The van der Waals surface area contributed by atoms with Crippen molar-refractivity contribution in [2.24, 2.45) is 0 Å². The quantitative estimate of drug-likeness (QED) is 0.658. The van der Waals surface area contributed by atoms with Crippen LogP contribution in [0.1, 0.15) is 20.3 Å². The molecule has 0 heterocycles. The third-order valence-corrected chi connectivity index (χ3v) is 2.27. The maximum Gasteiger partial charge on any atom is 0.320 e. The number of hydrogen-bond donors (Lipinski definition) is 2. The summed E-state index contributed by atoms with van der Waals surface area (Å²) in [6.45, 7) is 4.98. The highest BCUT2D eigenvalue weighted by Crippen LogP contribution is 2.00. The monoisotopic (exact) mass is 232 g/mol. The Kier molecular flexibility index (Phi) is 7.28. The number of likely N-dealkylation sites (N-methyl/N-ethyl adjacent to an activating group) is 1. The second kappa shape index (κ2) is 7.92. The largest absolute Gasteiger partial charge is 0.481 e. The summed E-state index contributed by atoms with van der Waals surface area (Å²) in [4.78, 5) is 25.2. The number of carboxylic acids is 1. The number of aliphatic carboxylic acids is 1. The molecule has 0 aliphatic rings. The highest BCUT2D eigenvalue weighted by molar-refractivity contribution is 5.75. The predicted molar refractivity (Wildman–Crippen MR) is 59.2 cm³/mol. The molecule has 0 aliphatic carbocycles. The Morgan fingerprint density at radius 1 is 1.06 bits per heavy atom. The Balaban J connectivity index is 4.31. The van der Waals surface area contributed by atoms with Crippen LogP contribution in [-0.4, -0.2) is 64.8 Å². The fourth-order valence-corrected chi connectivity index (χ4v) is 1.33. The molecule has 16 heavy (non-hydrogen) atoms. The van der Waals surface area contributed by atoms with Crippen LogP contribution in [0.2, 0.25) is 0 Å². The summed E-state index contributed by atoms with van der Waals surface area (Å²) in [5.41, 5.74) is 0. The normalized spacial score (nSPS) is 9.94. The van der Waals surface area contributed by atoms with Crippen LogP contribution < -0.4 is 0 Å². The van der Waals surface area contributed by atoms with Gasteiger partial charge in [0.2, 0.25) is 0 Å². The van der Waals surface area contributed by atoms with Gasteiger partial charge < -0.3 is 20.0 Å². The van der Waals surface area contributed by atoms with Crippen LogP contribution in [0, 0.1) is 0 Å². The molecule has 0 rings (SSSR count). The number of amides is 2. The first-order chi connectivity index (χ1) is 7.56. The van der Waals surface area contributed by atoms with E-state index in [9.17, 15) is 9.59 Å². The minimum absolute atomic E-state index is 0.0593. The van der Waals surface area contributed by atoms with Gasteiger partial charge in [0.15, 0.2) is 0 Å². The van der Waals surface area contributed by atoms with Crippen molar-refractivity contribution in [2.75, 3.05) is 32.8 Å². The third-order valence-electron chi connectivity index (χ3n) is 2.27. The molecule has 0 atom stereocenters. The van der Waals surface area contributed by atoms with E-state index < -0.39 is 5.97 Å². The molecule has 0 unspecified atom stereocenters. The summed E-state index contributed by atoms with van der Waals surface area (Å²) >= 11 is 0. The van der Waals surface area contributed by atoms with Crippen molar-refractivity contribution in [2.45, 2.75) is 20.3 Å². The van der Waals surface area contributed by atoms with Gasteiger partial charge in [-0.25, -0.2) is 4.79 Å². The highest BCUT2D eigenvalue weighted by Gasteiger charge is 2.18. The van der Waals surface area contributed by atoms with Gasteiger partial charge in [-0.05, 0) is 13.8 Å². The summed E-state index contributed by atoms with van der Waals surface area (Å²) in [5, 5.41) is 17.3. The van der Waals surface area contributed by atoms with Crippen LogP contribution in [0.4, 0.5) is 4.79 Å². The molecule has 0 bridgehead atoms. The average molecular weight is 232 g/mol. The van der Waals surface area contributed by atoms with Gasteiger partial charge >= 0.3 is 12.0 Å². The van der Waals surface area contributed by atoms with E-state index in [0.717, 1.165) is 0 Å². The average Bonchev–Trinajstić information content (AvgIpc) is 2.26. The summed E-state index contributed by atoms with van der Waals surface area (Å²) < 4.78 is 0. The molecule has 94 valence electrons. The van der Waals surface area contributed by atoms with E-state index in [1.165, 1.54) is 9.80 Å². The molecule has 0 aromatic rings. The first kappa shape index (κ1) is 14.7. The zero-order valence-corrected chi connectivity index (χ0v) is 9.85. The summed E-state index contributed by atoms with van der Waals surface area (Å²) in [5.74, 6) is -0.920. The summed E-state index contributed by atoms with van der Waals surface area (Å²) in [6, 6.07) is -0.222.